The van der Waals surface area contributed by atoms with Crippen LogP contribution in [-0.2, 0) is 0 Å². The van der Waals surface area contributed by atoms with Crippen molar-refractivity contribution < 1.29 is 0 Å². The molecule has 0 atom stereocenters. The summed E-state index contributed by atoms with van der Waals surface area (Å²) >= 11 is 3.61. The number of aromatic nitrogens is 8. The van der Waals surface area contributed by atoms with Gasteiger partial charge in [0.25, 0.3) is 0 Å². The summed E-state index contributed by atoms with van der Waals surface area (Å²) < 4.78 is 9.62. The average molecular weight is 1290 g/mol. The lowest BCUT2D eigenvalue weighted by atomic mass is 10.1. The Morgan fingerprint density at radius 1 is 0.214 bits per heavy atom. The average Bonchev–Trinajstić information content (AvgIpc) is 0.900. The third kappa shape index (κ3) is 7.66. The van der Waals surface area contributed by atoms with Crippen molar-refractivity contribution in [2.45, 2.75) is 19.6 Å². The first-order chi connectivity index (χ1) is 48.6. The smallest absolute Gasteiger partial charge is 0.138 e. The SMILES string of the molecule is c1ccc2c(c1)c1ccccc1n2-c1ccc2c(c1)Sc1cc(-n3c4ccccc4c4ccccc43)ccc1N2c1ccc2c3nccnc3c3ccc(N4c5ccc(-n6c7ccccc7c7ccccc76)cc5Sc5cc(-n6c7ccccc7c7ccccc76)ccc54)nc3c2n1. The van der Waals surface area contributed by atoms with Gasteiger partial charge in [0.05, 0.1) is 77.9 Å². The standard InChI is InChI=1S/C86H50N10S2/c1-9-25-65-55(17-1)56-18-2-10-26-66(56)91(65)51-33-39-73-77(47-51)97-78-48-52(92-67-27-11-3-19-57(67)58-20-4-12-28-68(58)92)34-40-74(78)95(73)81-43-37-63-83-84(88-46-45-87-83)64-38-44-82(90-86(64)85(63)89-81)96-75-41-35-53(93-69-29-13-5-21-59(69)60-22-6-14-30-70(60)93)49-79(75)98-80-50-54(36-42-76(80)96)94-71-31-15-7-23-61(71)62-24-8-16-32-72(62)94/h1-50H. The van der Waals surface area contributed by atoms with E-state index in [2.05, 4.69) is 319 Å². The monoisotopic (exact) mass is 1290 g/mol. The molecule has 0 fully saturated rings. The molecule has 456 valence electrons. The maximum absolute atomic E-state index is 5.89. The predicted molar refractivity (Wildman–Crippen MR) is 405 cm³/mol. The van der Waals surface area contributed by atoms with Gasteiger partial charge in [-0.25, -0.2) is 9.97 Å². The summed E-state index contributed by atoms with van der Waals surface area (Å²) in [6.45, 7) is 0. The summed E-state index contributed by atoms with van der Waals surface area (Å²) in [4.78, 5) is 31.0. The van der Waals surface area contributed by atoms with Crippen LogP contribution in [0.1, 0.15) is 0 Å². The van der Waals surface area contributed by atoms with E-state index in [1.165, 1.54) is 43.1 Å². The van der Waals surface area contributed by atoms with Crippen molar-refractivity contribution in [3.8, 4) is 22.7 Å². The molecule has 7 aromatic heterocycles. The number of para-hydroxylation sites is 8. The zero-order chi connectivity index (χ0) is 63.8. The zero-order valence-corrected chi connectivity index (χ0v) is 53.8. The van der Waals surface area contributed by atoms with Crippen LogP contribution in [0.2, 0.25) is 0 Å². The largest absolute Gasteiger partial charge is 0.309 e. The quantitative estimate of drug-likeness (QED) is 0.152. The van der Waals surface area contributed by atoms with Crippen LogP contribution in [0.15, 0.2) is 323 Å². The third-order valence-corrected chi connectivity index (χ3v) is 22.4. The van der Waals surface area contributed by atoms with Gasteiger partial charge in [-0.15, -0.1) is 0 Å². The van der Waals surface area contributed by atoms with Crippen LogP contribution in [0.5, 0.6) is 0 Å². The van der Waals surface area contributed by atoms with Gasteiger partial charge in [-0.1, -0.05) is 169 Å². The van der Waals surface area contributed by atoms with Gasteiger partial charge in [0, 0.05) is 109 Å². The number of nitrogens with zero attached hydrogens (tertiary/aromatic N) is 10. The Morgan fingerprint density at radius 3 is 0.694 bits per heavy atom. The topological polar surface area (TPSA) is 77.8 Å². The van der Waals surface area contributed by atoms with Crippen LogP contribution < -0.4 is 9.80 Å². The molecule has 0 unspecified atom stereocenters. The molecule has 0 saturated carbocycles. The van der Waals surface area contributed by atoms with Gasteiger partial charge in [0.2, 0.25) is 0 Å². The zero-order valence-electron chi connectivity index (χ0n) is 52.2. The maximum Gasteiger partial charge on any atom is 0.138 e. The summed E-state index contributed by atoms with van der Waals surface area (Å²) in [5, 5.41) is 11.5. The molecule has 0 aliphatic carbocycles. The fraction of sp³-hybridized carbons (Fsp3) is 0. The van der Waals surface area contributed by atoms with Crippen molar-refractivity contribution in [3.05, 3.63) is 304 Å². The minimum atomic E-state index is 0.729. The van der Waals surface area contributed by atoms with Crippen LogP contribution in [-0.4, -0.2) is 38.2 Å². The van der Waals surface area contributed by atoms with Crippen molar-refractivity contribution in [1.29, 1.82) is 0 Å². The van der Waals surface area contributed by atoms with Crippen LogP contribution in [0.25, 0.3) is 143 Å². The first-order valence-electron chi connectivity index (χ1n) is 32.9. The normalized spacial score (nSPS) is 13.0. The molecule has 98 heavy (non-hydrogen) atoms. The van der Waals surface area contributed by atoms with Gasteiger partial charge < -0.3 is 18.3 Å². The summed E-state index contributed by atoms with van der Waals surface area (Å²) in [6.07, 6.45) is 3.56. The van der Waals surface area contributed by atoms with E-state index in [1.807, 2.05) is 0 Å². The minimum Gasteiger partial charge on any atom is -0.309 e. The fourth-order valence-electron chi connectivity index (χ4n) is 16.0. The molecule has 2 aliphatic heterocycles. The Kier molecular flexibility index (Phi) is 11.3. The third-order valence-electron chi connectivity index (χ3n) is 20.2. The van der Waals surface area contributed by atoms with E-state index in [-0.39, 0.29) is 0 Å². The Labute approximate surface area is 568 Å². The summed E-state index contributed by atoms with van der Waals surface area (Å²) in [5.74, 6) is 1.51. The van der Waals surface area contributed by atoms with Gasteiger partial charge in [-0.05, 0) is 146 Å². The highest BCUT2D eigenvalue weighted by molar-refractivity contribution is 8.00. The minimum absolute atomic E-state index is 0.729. The number of fused-ring (bicyclic) bond motifs is 22. The van der Waals surface area contributed by atoms with Crippen LogP contribution >= 0.6 is 23.5 Å². The lowest BCUT2D eigenvalue weighted by Crippen LogP contribution is -2.17. The number of rotatable bonds is 6. The van der Waals surface area contributed by atoms with Crippen molar-refractivity contribution in [3.63, 3.8) is 0 Å². The number of hydrogen-bond donors (Lipinski definition) is 0. The van der Waals surface area contributed by atoms with E-state index in [0.29, 0.717) is 0 Å². The molecule has 13 aromatic carbocycles. The van der Waals surface area contributed by atoms with Crippen LogP contribution in [0.3, 0.4) is 0 Å². The molecule has 20 aromatic rings. The maximum atomic E-state index is 5.89. The number of anilines is 6. The first kappa shape index (κ1) is 53.8. The highest BCUT2D eigenvalue weighted by Gasteiger charge is 2.32. The van der Waals surface area contributed by atoms with Crippen molar-refractivity contribution >= 4 is 178 Å². The molecule has 9 heterocycles. The molecule has 0 radical (unpaired) electrons. The second-order valence-electron chi connectivity index (χ2n) is 25.3. The highest BCUT2D eigenvalue weighted by Crippen LogP contribution is 2.56. The Balaban J connectivity index is 0.756. The van der Waals surface area contributed by atoms with E-state index in [4.69, 9.17) is 19.9 Å². The molecule has 2 aliphatic rings. The Hall–Kier alpha value is -12.5. The number of benzene rings is 13. The lowest BCUT2D eigenvalue weighted by Gasteiger charge is -2.33. The molecule has 10 nitrogen and oxygen atoms in total. The van der Waals surface area contributed by atoms with E-state index < -0.39 is 0 Å². The molecule has 12 heteroatoms. The molecule has 22 rings (SSSR count). The van der Waals surface area contributed by atoms with Gasteiger partial charge in [0.15, 0.2) is 0 Å². The predicted octanol–water partition coefficient (Wildman–Crippen LogP) is 23.0. The fourth-order valence-corrected chi connectivity index (χ4v) is 18.3. The van der Waals surface area contributed by atoms with E-state index >= 15 is 0 Å². The molecule has 0 spiro atoms. The summed E-state index contributed by atoms with van der Waals surface area (Å²) in [6, 6.07) is 106. The van der Waals surface area contributed by atoms with E-state index in [1.54, 1.807) is 35.9 Å². The lowest BCUT2D eigenvalue weighted by molar-refractivity contribution is 1.09. The number of hydrogen-bond acceptors (Lipinski definition) is 8. The Morgan fingerprint density at radius 2 is 0.449 bits per heavy atom. The van der Waals surface area contributed by atoms with Crippen LogP contribution in [0.4, 0.5) is 34.4 Å². The van der Waals surface area contributed by atoms with Gasteiger partial charge >= 0.3 is 0 Å². The summed E-state index contributed by atoms with van der Waals surface area (Å²) in [5.41, 5.74) is 20.7. The molecule has 0 amide bonds. The molecule has 0 N–H and O–H groups in total. The molecular formula is C86H50N10S2. The van der Waals surface area contributed by atoms with Crippen LogP contribution in [0, 0.1) is 0 Å². The number of pyridine rings is 2. The van der Waals surface area contributed by atoms with Gasteiger partial charge in [-0.3, -0.25) is 19.8 Å². The van der Waals surface area contributed by atoms with E-state index in [9.17, 15) is 0 Å². The molecule has 0 saturated heterocycles. The van der Waals surface area contributed by atoms with Crippen molar-refractivity contribution in [2.24, 2.45) is 0 Å². The molecular weight excluding hydrogens is 1240 g/mol. The van der Waals surface area contributed by atoms with Crippen molar-refractivity contribution in [1.82, 2.24) is 38.2 Å². The second kappa shape index (κ2) is 20.5. The Bertz CT molecular complexity index is 5930. The van der Waals surface area contributed by atoms with Gasteiger partial charge in [-0.2, -0.15) is 0 Å². The molecule has 0 bridgehead atoms. The van der Waals surface area contributed by atoms with Gasteiger partial charge in [0.1, 0.15) is 22.7 Å². The highest BCUT2D eigenvalue weighted by atomic mass is 32.2. The first-order valence-corrected chi connectivity index (χ1v) is 34.6. The summed E-state index contributed by atoms with van der Waals surface area (Å²) in [7, 11) is 0. The van der Waals surface area contributed by atoms with Crippen molar-refractivity contribution in [2.75, 3.05) is 9.80 Å². The van der Waals surface area contributed by atoms with E-state index in [0.717, 1.165) is 154 Å². The second-order valence-corrected chi connectivity index (χ2v) is 27.5.